The molecule has 0 unspecified atom stereocenters. The molecule has 0 radical (unpaired) electrons. The summed E-state index contributed by atoms with van der Waals surface area (Å²) < 4.78 is 69.6. The fourth-order valence-electron chi connectivity index (χ4n) is 14.7. The molecule has 126 heavy (non-hydrogen) atoms. The Labute approximate surface area is 741 Å². The number of aromatic nitrogens is 4. The molecule has 9 aromatic heterocycles. The Balaban J connectivity index is 0.000000116. The van der Waals surface area contributed by atoms with E-state index >= 15 is 0 Å². The minimum Gasteiger partial charge on any atom is -0.422 e. The van der Waals surface area contributed by atoms with Crippen molar-refractivity contribution >= 4 is 154 Å². The number of anilines is 2. The minimum absolute atomic E-state index is 0.117. The molecule has 2 aliphatic heterocycles. The van der Waals surface area contributed by atoms with Gasteiger partial charge in [0.05, 0.1) is 63.0 Å². The quantitative estimate of drug-likeness (QED) is 0.0961. The third kappa shape index (κ3) is 20.4. The highest BCUT2D eigenvalue weighted by Crippen LogP contribution is 2.39. The third-order valence-electron chi connectivity index (χ3n) is 21.1. The molecule has 21 nitrogen and oxygen atoms in total. The maximum atomic E-state index is 13.0. The van der Waals surface area contributed by atoms with Crippen LogP contribution in [0.15, 0.2) is 277 Å². The highest BCUT2D eigenvalue weighted by molar-refractivity contribution is 7.22. The van der Waals surface area contributed by atoms with Gasteiger partial charge in [0.1, 0.15) is 54.0 Å². The van der Waals surface area contributed by atoms with Gasteiger partial charge in [-0.1, -0.05) is 116 Å². The van der Waals surface area contributed by atoms with Gasteiger partial charge in [-0.15, -0.1) is 34.0 Å². The van der Waals surface area contributed by atoms with E-state index in [1.165, 1.54) is 46.1 Å². The molecule has 0 spiro atoms. The topological polar surface area (TPSA) is 243 Å². The van der Waals surface area contributed by atoms with Crippen LogP contribution in [0.2, 0.25) is 10.0 Å². The van der Waals surface area contributed by atoms with Gasteiger partial charge >= 0.3 is 34.3 Å². The van der Waals surface area contributed by atoms with Crippen molar-refractivity contribution in [3.8, 4) is 54.0 Å². The number of alkyl halides is 3. The first-order valence-corrected chi connectivity index (χ1v) is 43.8. The van der Waals surface area contributed by atoms with Gasteiger partial charge in [0.2, 0.25) is 0 Å². The number of hydrogen-bond acceptors (Lipinski definition) is 24. The van der Waals surface area contributed by atoms with Gasteiger partial charge in [-0.25, -0.2) is 38.9 Å². The SMILES string of the molecule is CC(C)NCc1ccc2cc(-c3nc4c(Cl)cccc4s3)c(=O)oc2c1.CN(C)Cc1ccc2cc(-c3nc4c(Cl)cccc4s3)c(=O)oc2c1.CN(C)Cc1ccc2cc(-c3nc4ccccc4s3)c(=O)oc2c1.CN1CCN(c2ccc3cc(-c4cccc(C(F)(F)F)c4)c(=O)oc3c2)CC1.O=c1oc2cc(N3CCNCC3)ccc2cc1-c1cccnc1. The predicted octanol–water partition coefficient (Wildman–Crippen LogP) is 20.6. The molecule has 9 aromatic carbocycles. The van der Waals surface area contributed by atoms with E-state index in [1.54, 1.807) is 30.6 Å². The summed E-state index contributed by atoms with van der Waals surface area (Å²) in [5.41, 5.74) is 10.7. The summed E-state index contributed by atoms with van der Waals surface area (Å²) in [6.45, 7) is 14.1. The normalized spacial score (nSPS) is 13.2. The van der Waals surface area contributed by atoms with Crippen LogP contribution in [0.5, 0.6) is 0 Å². The molecule has 11 heterocycles. The van der Waals surface area contributed by atoms with Crippen LogP contribution in [0, 0.1) is 0 Å². The van der Waals surface area contributed by atoms with Crippen LogP contribution in [0.4, 0.5) is 24.5 Å². The fraction of sp³-hybridized carbons (Fsp3) is 0.206. The first-order valence-electron chi connectivity index (χ1n) is 40.6. The average molecular weight is 1790 g/mol. The molecule has 0 bridgehead atoms. The lowest BCUT2D eigenvalue weighted by molar-refractivity contribution is -0.137. The van der Waals surface area contributed by atoms with Gasteiger partial charge < -0.3 is 57.2 Å². The number of fused-ring (bicyclic) bond motifs is 8. The molecule has 0 amide bonds. The number of pyridine rings is 1. The van der Waals surface area contributed by atoms with Gasteiger partial charge in [-0.3, -0.25) is 4.98 Å². The smallest absolute Gasteiger partial charge is 0.416 e. The van der Waals surface area contributed by atoms with Crippen LogP contribution < -0.4 is 48.6 Å². The lowest BCUT2D eigenvalue weighted by Gasteiger charge is -2.34. The third-order valence-corrected chi connectivity index (χ3v) is 24.9. The van der Waals surface area contributed by atoms with E-state index in [9.17, 15) is 37.1 Å². The molecule has 2 fully saturated rings. The van der Waals surface area contributed by atoms with Crippen LogP contribution in [-0.4, -0.2) is 128 Å². The summed E-state index contributed by atoms with van der Waals surface area (Å²) in [7, 11) is 10.1. The molecule has 0 saturated carbocycles. The number of nitrogens with one attached hydrogen (secondary N) is 2. The number of para-hydroxylation sites is 3. The molecular formula is C97H84Cl2F3N11O10S3. The van der Waals surface area contributed by atoms with Gasteiger partial charge in [-0.2, -0.15) is 13.2 Å². The molecular weight excluding hydrogens is 1700 g/mol. The van der Waals surface area contributed by atoms with Gasteiger partial charge in [0, 0.05) is 146 Å². The van der Waals surface area contributed by atoms with Crippen LogP contribution in [0.1, 0.15) is 36.1 Å². The number of piperazine rings is 2. The Morgan fingerprint density at radius 3 is 1.33 bits per heavy atom. The minimum atomic E-state index is -4.47. The standard InChI is InChI=1S/C21H19F3N2O2.C20H17ClN2O2S.C19H15ClN2O2S.C19H16N2O2S.C18H17N3O2/c1-25-7-9-26(10-8-25)17-6-5-15-12-18(20(27)28-19(15)13-17)14-3-2-4-16(11-14)21(22,23)24;1-11(2)22-10-12-6-7-13-9-14(20(24)25-16(13)8-12)19-23-18-15(21)4-3-5-17(18)26-19;1-22(2)10-11-6-7-12-9-13(19(23)24-15(12)8-11)18-21-17-14(20)4-3-5-16(17)25-18;1-21(2)11-12-7-8-13-10-14(19(22)23-16(13)9-12)18-20-15-5-3-4-6-17(15)24-18;22-18-16(14-2-1-5-20-12-14)10-13-3-4-15(11-17(13)23-18)21-8-6-19-7-9-21/h2-6,11-13H,7-10H2,1H3;3-9,11,22H,10H2,1-2H3;3-9H,10H2,1-2H3;3-10H,11H2,1-2H3;1-5,10-12,19H,6-9H2. The van der Waals surface area contributed by atoms with Crippen molar-refractivity contribution in [1.82, 2.24) is 45.3 Å². The molecule has 0 aliphatic carbocycles. The molecule has 2 saturated heterocycles. The molecule has 20 rings (SSSR count). The Morgan fingerprint density at radius 2 is 0.857 bits per heavy atom. The van der Waals surface area contributed by atoms with E-state index in [4.69, 9.17) is 45.3 Å². The Hall–Kier alpha value is -12.4. The van der Waals surface area contributed by atoms with Crippen molar-refractivity contribution in [2.24, 2.45) is 0 Å². The summed E-state index contributed by atoms with van der Waals surface area (Å²) in [5.74, 6) is 0. The van der Waals surface area contributed by atoms with Crippen LogP contribution in [0.3, 0.4) is 0 Å². The highest BCUT2D eigenvalue weighted by atomic mass is 35.5. The van der Waals surface area contributed by atoms with E-state index in [0.29, 0.717) is 97.7 Å². The Bertz CT molecular complexity index is 7350. The van der Waals surface area contributed by atoms with Crippen LogP contribution in [0.25, 0.3) is 139 Å². The maximum Gasteiger partial charge on any atom is 0.416 e. The molecule has 29 heteroatoms. The molecule has 0 atom stereocenters. The highest BCUT2D eigenvalue weighted by Gasteiger charge is 2.31. The van der Waals surface area contributed by atoms with Crippen LogP contribution >= 0.6 is 57.2 Å². The van der Waals surface area contributed by atoms with Crippen molar-refractivity contribution in [3.63, 3.8) is 0 Å². The number of likely N-dealkylation sites (N-methyl/N-ethyl adjacent to an activating group) is 1. The Kier molecular flexibility index (Phi) is 26.4. The first-order chi connectivity index (χ1) is 60.7. The Morgan fingerprint density at radius 1 is 0.444 bits per heavy atom. The average Bonchev–Trinajstić information content (AvgIpc) is 1.57. The maximum absolute atomic E-state index is 13.0. The molecule has 2 aliphatic rings. The summed E-state index contributed by atoms with van der Waals surface area (Å²) in [6, 6.07) is 66.4. The summed E-state index contributed by atoms with van der Waals surface area (Å²) in [6.07, 6.45) is -1.11. The van der Waals surface area contributed by atoms with Gasteiger partial charge in [-0.05, 0) is 185 Å². The zero-order valence-electron chi connectivity index (χ0n) is 69.5. The molecule has 640 valence electrons. The molecule has 18 aromatic rings. The summed E-state index contributed by atoms with van der Waals surface area (Å²) >= 11 is 16.8. The second kappa shape index (κ2) is 38.2. The lowest BCUT2D eigenvalue weighted by Crippen LogP contribution is -2.44. The van der Waals surface area contributed by atoms with E-state index < -0.39 is 17.4 Å². The van der Waals surface area contributed by atoms with Crippen molar-refractivity contribution in [2.45, 2.75) is 45.7 Å². The zero-order valence-corrected chi connectivity index (χ0v) is 73.5. The van der Waals surface area contributed by atoms with E-state index in [-0.39, 0.29) is 33.6 Å². The number of benzene rings is 9. The van der Waals surface area contributed by atoms with Crippen molar-refractivity contribution < 1.29 is 35.3 Å². The van der Waals surface area contributed by atoms with Crippen LogP contribution in [-0.2, 0) is 25.8 Å². The summed E-state index contributed by atoms with van der Waals surface area (Å²) in [5, 5.41) is 14.0. The lowest BCUT2D eigenvalue weighted by atomic mass is 10.0. The summed E-state index contributed by atoms with van der Waals surface area (Å²) in [4.78, 5) is 90.8. The van der Waals surface area contributed by atoms with E-state index in [2.05, 4.69) is 88.1 Å². The number of nitrogens with zero attached hydrogens (tertiary/aromatic N) is 9. The van der Waals surface area contributed by atoms with E-state index in [1.807, 2.05) is 192 Å². The molecule has 2 N–H and O–H groups in total. The van der Waals surface area contributed by atoms with Crippen molar-refractivity contribution in [2.75, 3.05) is 97.4 Å². The fourth-order valence-corrected chi connectivity index (χ4v) is 18.2. The van der Waals surface area contributed by atoms with Gasteiger partial charge in [0.15, 0.2) is 0 Å². The number of thiazole rings is 3. The predicted molar refractivity (Wildman–Crippen MR) is 504 cm³/mol. The largest absolute Gasteiger partial charge is 0.422 e. The van der Waals surface area contributed by atoms with Crippen molar-refractivity contribution in [3.05, 3.63) is 315 Å². The number of hydrogen-bond donors (Lipinski definition) is 2. The zero-order chi connectivity index (χ0) is 88.0. The van der Waals surface area contributed by atoms with Gasteiger partial charge in [0.25, 0.3) is 0 Å². The second-order valence-corrected chi connectivity index (χ2v) is 35.3. The van der Waals surface area contributed by atoms with Crippen molar-refractivity contribution in [1.29, 1.82) is 0 Å². The number of rotatable bonds is 14. The first kappa shape index (κ1) is 87.1. The van der Waals surface area contributed by atoms with E-state index in [0.717, 1.165) is 159 Å². The number of halogens is 5. The monoisotopic (exact) mass is 1790 g/mol. The second-order valence-electron chi connectivity index (χ2n) is 31.4.